The van der Waals surface area contributed by atoms with Crippen LogP contribution >= 0.6 is 28.3 Å². The van der Waals surface area contributed by atoms with Gasteiger partial charge in [0.1, 0.15) is 0 Å². The van der Waals surface area contributed by atoms with E-state index >= 15 is 0 Å². The molecule has 0 radical (unpaired) electrons. The minimum absolute atomic E-state index is 0. The first kappa shape index (κ1) is 20.4. The largest absolute Gasteiger partial charge is 0.337 e. The highest BCUT2D eigenvalue weighted by Crippen LogP contribution is 2.26. The fraction of sp³-hybridized carbons (Fsp3) is 0.500. The Hall–Kier alpha value is -0.670. The zero-order valence-electron chi connectivity index (χ0n) is 13.0. The van der Waals surface area contributed by atoms with Gasteiger partial charge < -0.3 is 10.6 Å². The van der Waals surface area contributed by atoms with Gasteiger partial charge >= 0.3 is 0 Å². The quantitative estimate of drug-likeness (QED) is 0.797. The van der Waals surface area contributed by atoms with Gasteiger partial charge in [-0.3, -0.25) is 4.79 Å². The minimum Gasteiger partial charge on any atom is -0.337 e. The zero-order chi connectivity index (χ0) is 16.5. The molecule has 0 saturated carbocycles. The van der Waals surface area contributed by atoms with Crippen molar-refractivity contribution >= 4 is 44.3 Å². The Morgan fingerprint density at radius 1 is 1.39 bits per heavy atom. The Morgan fingerprint density at radius 3 is 2.57 bits per heavy atom. The van der Waals surface area contributed by atoms with Crippen LogP contribution in [0, 0.1) is 0 Å². The van der Waals surface area contributed by atoms with Crippen molar-refractivity contribution in [2.45, 2.75) is 23.8 Å². The summed E-state index contributed by atoms with van der Waals surface area (Å²) in [5.74, 6) is -0.121. The van der Waals surface area contributed by atoms with Gasteiger partial charge in [-0.1, -0.05) is 0 Å². The van der Waals surface area contributed by atoms with E-state index in [1.165, 1.54) is 20.2 Å². The van der Waals surface area contributed by atoms with Gasteiger partial charge in [0.2, 0.25) is 10.0 Å². The number of likely N-dealkylation sites (tertiary alicyclic amines) is 1. The van der Waals surface area contributed by atoms with E-state index in [4.69, 9.17) is 5.73 Å². The Bertz CT molecular complexity index is 682. The van der Waals surface area contributed by atoms with Crippen LogP contribution in [-0.4, -0.2) is 56.8 Å². The predicted molar refractivity (Wildman–Crippen MR) is 95.4 cm³/mol. The Balaban J connectivity index is 0.00000264. The minimum atomic E-state index is -3.54. The number of nitrogens with two attached hydrogens (primary N) is 1. The van der Waals surface area contributed by atoms with Crippen LogP contribution in [0.3, 0.4) is 0 Å². The van der Waals surface area contributed by atoms with Gasteiger partial charge in [-0.05, 0) is 47.0 Å². The van der Waals surface area contributed by atoms with Crippen LogP contribution in [0.5, 0.6) is 0 Å². The average molecular weight is 427 g/mol. The van der Waals surface area contributed by atoms with E-state index in [9.17, 15) is 13.2 Å². The molecule has 1 aromatic rings. The van der Waals surface area contributed by atoms with Crippen LogP contribution in [0.15, 0.2) is 27.6 Å². The number of benzene rings is 1. The van der Waals surface area contributed by atoms with E-state index in [0.717, 1.165) is 17.1 Å². The van der Waals surface area contributed by atoms with Gasteiger partial charge in [0.05, 0.1) is 4.90 Å². The van der Waals surface area contributed by atoms with Gasteiger partial charge in [0, 0.05) is 43.3 Å². The van der Waals surface area contributed by atoms with E-state index in [1.807, 2.05) is 0 Å². The molecular weight excluding hydrogens is 406 g/mol. The molecule has 9 heteroatoms. The van der Waals surface area contributed by atoms with E-state index in [1.54, 1.807) is 17.0 Å². The molecule has 1 atom stereocenters. The lowest BCUT2D eigenvalue weighted by Gasteiger charge is -2.31. The Morgan fingerprint density at radius 2 is 2.04 bits per heavy atom. The highest BCUT2D eigenvalue weighted by atomic mass is 79.9. The van der Waals surface area contributed by atoms with E-state index in [0.29, 0.717) is 23.1 Å². The second-order valence-corrected chi connectivity index (χ2v) is 8.56. The number of carbonyl (C=O) groups is 1. The summed E-state index contributed by atoms with van der Waals surface area (Å²) in [7, 11) is -0.606. The molecule has 130 valence electrons. The van der Waals surface area contributed by atoms with Gasteiger partial charge in [0.15, 0.2) is 0 Å². The fourth-order valence-electron chi connectivity index (χ4n) is 2.42. The lowest BCUT2D eigenvalue weighted by molar-refractivity contribution is 0.0708. The standard InChI is InChI=1S/C14H20BrN3O3S.ClH/c1-17(2)22(20,21)13-6-5-10(8-12(13)15)14(19)18-7-3-4-11(16)9-18;/h5-6,8,11H,3-4,7,9,16H2,1-2H3;1H. The van der Waals surface area contributed by atoms with Crippen molar-refractivity contribution in [3.63, 3.8) is 0 Å². The molecule has 1 aliphatic heterocycles. The number of hydrogen-bond donors (Lipinski definition) is 1. The summed E-state index contributed by atoms with van der Waals surface area (Å²) in [5, 5.41) is 0. The first-order valence-corrected chi connectivity index (χ1v) is 9.23. The summed E-state index contributed by atoms with van der Waals surface area (Å²) in [5.41, 5.74) is 6.35. The second-order valence-electron chi connectivity index (χ2n) is 5.59. The summed E-state index contributed by atoms with van der Waals surface area (Å²) in [4.78, 5) is 14.3. The molecule has 1 heterocycles. The van der Waals surface area contributed by atoms with Crippen molar-refractivity contribution in [1.29, 1.82) is 0 Å². The van der Waals surface area contributed by atoms with Crippen molar-refractivity contribution < 1.29 is 13.2 Å². The Kier molecular flexibility index (Phi) is 7.03. The van der Waals surface area contributed by atoms with Crippen molar-refractivity contribution in [2.75, 3.05) is 27.2 Å². The van der Waals surface area contributed by atoms with Crippen LogP contribution in [0.25, 0.3) is 0 Å². The summed E-state index contributed by atoms with van der Waals surface area (Å²) >= 11 is 3.25. The Labute approximate surface area is 151 Å². The smallest absolute Gasteiger partial charge is 0.253 e. The number of nitrogens with zero attached hydrogens (tertiary/aromatic N) is 2. The van der Waals surface area contributed by atoms with Gasteiger partial charge in [-0.2, -0.15) is 0 Å². The molecule has 1 saturated heterocycles. The number of rotatable bonds is 3. The number of carbonyl (C=O) groups excluding carboxylic acids is 1. The third kappa shape index (κ3) is 4.45. The number of halogens is 2. The summed E-state index contributed by atoms with van der Waals surface area (Å²) in [6.07, 6.45) is 1.81. The first-order valence-electron chi connectivity index (χ1n) is 7.00. The highest BCUT2D eigenvalue weighted by molar-refractivity contribution is 9.10. The topological polar surface area (TPSA) is 83.7 Å². The average Bonchev–Trinajstić information content (AvgIpc) is 2.45. The van der Waals surface area contributed by atoms with Gasteiger partial charge in [-0.25, -0.2) is 12.7 Å². The summed E-state index contributed by atoms with van der Waals surface area (Å²) in [6, 6.07) is 4.56. The van der Waals surface area contributed by atoms with E-state index in [-0.39, 0.29) is 29.3 Å². The molecule has 0 aliphatic carbocycles. The summed E-state index contributed by atoms with van der Waals surface area (Å²) in [6.45, 7) is 1.22. The third-order valence-corrected chi connectivity index (χ3v) is 6.47. The zero-order valence-corrected chi connectivity index (χ0v) is 16.2. The molecule has 0 spiro atoms. The van der Waals surface area contributed by atoms with Crippen LogP contribution in [-0.2, 0) is 10.0 Å². The van der Waals surface area contributed by atoms with Crippen molar-refractivity contribution in [2.24, 2.45) is 5.73 Å². The second kappa shape index (κ2) is 7.94. The summed E-state index contributed by atoms with van der Waals surface area (Å²) < 4.78 is 25.8. The van der Waals surface area contributed by atoms with Crippen LogP contribution < -0.4 is 5.73 Å². The van der Waals surface area contributed by atoms with Crippen LogP contribution in [0.4, 0.5) is 0 Å². The highest BCUT2D eigenvalue weighted by Gasteiger charge is 2.25. The third-order valence-electron chi connectivity index (χ3n) is 3.68. The van der Waals surface area contributed by atoms with Crippen LogP contribution in [0.1, 0.15) is 23.2 Å². The molecule has 23 heavy (non-hydrogen) atoms. The van der Waals surface area contributed by atoms with Crippen molar-refractivity contribution in [1.82, 2.24) is 9.21 Å². The number of amides is 1. The van der Waals surface area contributed by atoms with Crippen LogP contribution in [0.2, 0.25) is 0 Å². The lowest BCUT2D eigenvalue weighted by Crippen LogP contribution is -2.45. The maximum atomic E-state index is 12.5. The molecule has 6 nitrogen and oxygen atoms in total. The number of piperidine rings is 1. The molecule has 2 rings (SSSR count). The monoisotopic (exact) mass is 425 g/mol. The van der Waals surface area contributed by atoms with Crippen molar-refractivity contribution in [3.05, 3.63) is 28.2 Å². The molecule has 1 amide bonds. The normalized spacial score (nSPS) is 18.7. The molecule has 0 aromatic heterocycles. The van der Waals surface area contributed by atoms with E-state index < -0.39 is 10.0 Å². The fourth-order valence-corrected chi connectivity index (χ4v) is 4.35. The van der Waals surface area contributed by atoms with Crippen molar-refractivity contribution in [3.8, 4) is 0 Å². The molecule has 1 unspecified atom stereocenters. The molecular formula is C14H21BrClN3O3S. The number of hydrogen-bond acceptors (Lipinski definition) is 4. The maximum absolute atomic E-state index is 12.5. The molecule has 1 aromatic carbocycles. The predicted octanol–water partition coefficient (Wildman–Crippen LogP) is 1.68. The molecule has 0 bridgehead atoms. The lowest BCUT2D eigenvalue weighted by atomic mass is 10.1. The SMILES string of the molecule is CN(C)S(=O)(=O)c1ccc(C(=O)N2CCCC(N)C2)cc1Br.Cl. The molecule has 1 aliphatic rings. The molecule has 2 N–H and O–H groups in total. The number of sulfonamides is 1. The van der Waals surface area contributed by atoms with E-state index in [2.05, 4.69) is 15.9 Å². The van der Waals surface area contributed by atoms with Gasteiger partial charge in [-0.15, -0.1) is 12.4 Å². The maximum Gasteiger partial charge on any atom is 0.253 e. The molecule has 1 fully saturated rings. The first-order chi connectivity index (χ1) is 10.2. The van der Waals surface area contributed by atoms with Gasteiger partial charge in [0.25, 0.3) is 5.91 Å².